The molecule has 1 aromatic heterocycles. The average molecular weight is 247 g/mol. The molecule has 2 N–H and O–H groups in total. The summed E-state index contributed by atoms with van der Waals surface area (Å²) < 4.78 is 16.1. The molecule has 0 aliphatic rings. The highest BCUT2D eigenvalue weighted by atomic mass is 16.5. The van der Waals surface area contributed by atoms with E-state index in [4.69, 9.17) is 19.6 Å². The fourth-order valence-corrected chi connectivity index (χ4v) is 1.84. The van der Waals surface area contributed by atoms with Gasteiger partial charge in [-0.25, -0.2) is 0 Å². The van der Waals surface area contributed by atoms with Gasteiger partial charge in [0.05, 0.1) is 19.9 Å². The van der Waals surface area contributed by atoms with Crippen LogP contribution in [0.5, 0.6) is 11.5 Å². The van der Waals surface area contributed by atoms with Crippen LogP contribution >= 0.6 is 0 Å². The molecule has 0 amide bonds. The van der Waals surface area contributed by atoms with Gasteiger partial charge in [0.1, 0.15) is 5.76 Å². The van der Waals surface area contributed by atoms with Gasteiger partial charge >= 0.3 is 0 Å². The SMILES string of the molecule is COc1ccc(-c2oc(C)c(C)c2N)cc1OC. The third-order valence-corrected chi connectivity index (χ3v) is 3.08. The first kappa shape index (κ1) is 12.4. The van der Waals surface area contributed by atoms with E-state index >= 15 is 0 Å². The lowest BCUT2D eigenvalue weighted by atomic mass is 10.1. The molecule has 0 spiro atoms. The van der Waals surface area contributed by atoms with Crippen molar-refractivity contribution in [3.8, 4) is 22.8 Å². The Morgan fingerprint density at radius 3 is 2.22 bits per heavy atom. The zero-order valence-corrected chi connectivity index (χ0v) is 11.0. The van der Waals surface area contributed by atoms with Crippen LogP contribution in [0.25, 0.3) is 11.3 Å². The molecular formula is C14H17NO3. The van der Waals surface area contributed by atoms with Gasteiger partial charge in [-0.1, -0.05) is 0 Å². The quantitative estimate of drug-likeness (QED) is 0.905. The summed E-state index contributed by atoms with van der Waals surface area (Å²) >= 11 is 0. The fraction of sp³-hybridized carbons (Fsp3) is 0.286. The molecule has 4 heteroatoms. The molecule has 0 bridgehead atoms. The number of hydrogen-bond acceptors (Lipinski definition) is 4. The third-order valence-electron chi connectivity index (χ3n) is 3.08. The molecule has 0 saturated carbocycles. The molecule has 1 heterocycles. The standard InChI is InChI=1S/C14H17NO3/c1-8-9(2)18-14(13(8)15)10-5-6-11(16-3)12(7-10)17-4/h5-7H,15H2,1-4H3. The minimum atomic E-state index is 0.654. The fourth-order valence-electron chi connectivity index (χ4n) is 1.84. The largest absolute Gasteiger partial charge is 0.493 e. The van der Waals surface area contributed by atoms with Gasteiger partial charge in [-0.2, -0.15) is 0 Å². The minimum Gasteiger partial charge on any atom is -0.493 e. The normalized spacial score (nSPS) is 10.4. The Hall–Kier alpha value is -2.10. The summed E-state index contributed by atoms with van der Waals surface area (Å²) in [6, 6.07) is 5.59. The lowest BCUT2D eigenvalue weighted by molar-refractivity contribution is 0.355. The molecule has 0 atom stereocenters. The van der Waals surface area contributed by atoms with Crippen molar-refractivity contribution in [2.45, 2.75) is 13.8 Å². The number of hydrogen-bond donors (Lipinski definition) is 1. The maximum absolute atomic E-state index is 6.03. The zero-order valence-electron chi connectivity index (χ0n) is 11.0. The summed E-state index contributed by atoms with van der Waals surface area (Å²) in [6.45, 7) is 3.84. The maximum atomic E-state index is 6.03. The smallest absolute Gasteiger partial charge is 0.161 e. The minimum absolute atomic E-state index is 0.654. The van der Waals surface area contributed by atoms with E-state index in [-0.39, 0.29) is 0 Å². The molecule has 0 radical (unpaired) electrons. The van der Waals surface area contributed by atoms with Crippen LogP contribution in [0, 0.1) is 13.8 Å². The van der Waals surface area contributed by atoms with Crippen LogP contribution in [0.2, 0.25) is 0 Å². The zero-order chi connectivity index (χ0) is 13.3. The number of nitrogen functional groups attached to an aromatic ring is 1. The molecule has 0 aliphatic heterocycles. The van der Waals surface area contributed by atoms with Crippen LogP contribution in [0.4, 0.5) is 5.69 Å². The number of furan rings is 1. The van der Waals surface area contributed by atoms with Crippen molar-refractivity contribution in [2.24, 2.45) is 0 Å². The van der Waals surface area contributed by atoms with E-state index in [9.17, 15) is 0 Å². The molecule has 0 unspecified atom stereocenters. The van der Waals surface area contributed by atoms with Crippen molar-refractivity contribution in [1.82, 2.24) is 0 Å². The number of aryl methyl sites for hydroxylation is 1. The summed E-state index contributed by atoms with van der Waals surface area (Å²) in [6.07, 6.45) is 0. The van der Waals surface area contributed by atoms with Crippen LogP contribution in [0.1, 0.15) is 11.3 Å². The van der Waals surface area contributed by atoms with Crippen molar-refractivity contribution < 1.29 is 13.9 Å². The van der Waals surface area contributed by atoms with E-state index in [0.717, 1.165) is 16.9 Å². The van der Waals surface area contributed by atoms with Crippen LogP contribution in [0.3, 0.4) is 0 Å². The number of benzene rings is 1. The van der Waals surface area contributed by atoms with E-state index in [1.165, 1.54) is 0 Å². The monoisotopic (exact) mass is 247 g/mol. The highest BCUT2D eigenvalue weighted by molar-refractivity contribution is 5.76. The van der Waals surface area contributed by atoms with Crippen molar-refractivity contribution >= 4 is 5.69 Å². The topological polar surface area (TPSA) is 57.6 Å². The molecular weight excluding hydrogens is 230 g/mol. The maximum Gasteiger partial charge on any atom is 0.161 e. The van der Waals surface area contributed by atoms with Gasteiger partial charge in [-0.15, -0.1) is 0 Å². The second-order valence-corrected chi connectivity index (χ2v) is 4.10. The Morgan fingerprint density at radius 1 is 1.06 bits per heavy atom. The van der Waals surface area contributed by atoms with Gasteiger partial charge in [-0.3, -0.25) is 0 Å². The molecule has 96 valence electrons. The Balaban J connectivity index is 2.54. The summed E-state index contributed by atoms with van der Waals surface area (Å²) in [4.78, 5) is 0. The van der Waals surface area contributed by atoms with Crippen LogP contribution in [0.15, 0.2) is 22.6 Å². The van der Waals surface area contributed by atoms with E-state index in [0.29, 0.717) is 22.9 Å². The molecule has 0 saturated heterocycles. The van der Waals surface area contributed by atoms with Gasteiger partial charge in [-0.05, 0) is 32.0 Å². The van der Waals surface area contributed by atoms with Gasteiger partial charge in [0.15, 0.2) is 17.3 Å². The van der Waals surface area contributed by atoms with E-state index < -0.39 is 0 Å². The van der Waals surface area contributed by atoms with E-state index in [2.05, 4.69) is 0 Å². The summed E-state index contributed by atoms with van der Waals surface area (Å²) in [7, 11) is 3.21. The van der Waals surface area contributed by atoms with Crippen molar-refractivity contribution in [2.75, 3.05) is 20.0 Å². The van der Waals surface area contributed by atoms with Gasteiger partial charge < -0.3 is 19.6 Å². The molecule has 1 aromatic carbocycles. The first-order chi connectivity index (χ1) is 8.58. The Bertz CT molecular complexity index is 573. The van der Waals surface area contributed by atoms with Crippen molar-refractivity contribution in [3.63, 3.8) is 0 Å². The Kier molecular flexibility index (Phi) is 3.19. The molecule has 2 rings (SSSR count). The number of nitrogens with two attached hydrogens (primary N) is 1. The Morgan fingerprint density at radius 2 is 1.72 bits per heavy atom. The molecule has 18 heavy (non-hydrogen) atoms. The van der Waals surface area contributed by atoms with Crippen molar-refractivity contribution in [1.29, 1.82) is 0 Å². The number of methoxy groups -OCH3 is 2. The predicted octanol–water partition coefficient (Wildman–Crippen LogP) is 3.16. The summed E-state index contributed by atoms with van der Waals surface area (Å²) in [5.41, 5.74) is 8.55. The molecule has 0 fully saturated rings. The first-order valence-corrected chi connectivity index (χ1v) is 5.66. The van der Waals surface area contributed by atoms with Crippen LogP contribution in [-0.2, 0) is 0 Å². The van der Waals surface area contributed by atoms with Gasteiger partial charge in [0.2, 0.25) is 0 Å². The Labute approximate surface area is 106 Å². The van der Waals surface area contributed by atoms with Gasteiger partial charge in [0.25, 0.3) is 0 Å². The van der Waals surface area contributed by atoms with Crippen LogP contribution in [-0.4, -0.2) is 14.2 Å². The van der Waals surface area contributed by atoms with Crippen LogP contribution < -0.4 is 15.2 Å². The highest BCUT2D eigenvalue weighted by Crippen LogP contribution is 2.37. The number of anilines is 1. The van der Waals surface area contributed by atoms with E-state index in [1.54, 1.807) is 14.2 Å². The van der Waals surface area contributed by atoms with Gasteiger partial charge in [0, 0.05) is 11.1 Å². The second-order valence-electron chi connectivity index (χ2n) is 4.10. The summed E-state index contributed by atoms with van der Waals surface area (Å²) in [5.74, 6) is 2.84. The number of ether oxygens (including phenoxy) is 2. The first-order valence-electron chi connectivity index (χ1n) is 5.66. The molecule has 0 aliphatic carbocycles. The molecule has 4 nitrogen and oxygen atoms in total. The van der Waals surface area contributed by atoms with Crippen molar-refractivity contribution in [3.05, 3.63) is 29.5 Å². The molecule has 2 aromatic rings. The van der Waals surface area contributed by atoms with E-state index in [1.807, 2.05) is 32.0 Å². The predicted molar refractivity (Wildman–Crippen MR) is 71.1 cm³/mol. The summed E-state index contributed by atoms with van der Waals surface area (Å²) in [5, 5.41) is 0. The average Bonchev–Trinajstić information content (AvgIpc) is 2.65. The third kappa shape index (κ3) is 1.90. The highest BCUT2D eigenvalue weighted by Gasteiger charge is 2.15. The number of rotatable bonds is 3. The second kappa shape index (κ2) is 4.64. The lowest BCUT2D eigenvalue weighted by Crippen LogP contribution is -1.92. The lowest BCUT2D eigenvalue weighted by Gasteiger charge is -2.08.